The smallest absolute Gasteiger partial charge is 0.242 e. The summed E-state index contributed by atoms with van der Waals surface area (Å²) in [6, 6.07) is 3.38. The van der Waals surface area contributed by atoms with Crippen LogP contribution in [0.1, 0.15) is 12.0 Å². The van der Waals surface area contributed by atoms with Crippen molar-refractivity contribution in [3.8, 4) is 12.3 Å². The molecule has 16 heavy (non-hydrogen) atoms. The Balaban J connectivity index is 2.77. The molecule has 0 bridgehead atoms. The van der Waals surface area contributed by atoms with E-state index in [0.29, 0.717) is 5.69 Å². The molecule has 3 nitrogen and oxygen atoms in total. The van der Waals surface area contributed by atoms with Crippen LogP contribution in [0, 0.1) is 25.1 Å². The van der Waals surface area contributed by atoms with Crippen LogP contribution >= 0.6 is 0 Å². The van der Waals surface area contributed by atoms with Gasteiger partial charge in [0, 0.05) is 12.1 Å². The predicted octanol–water partition coefficient (Wildman–Crippen LogP) is 1.42. The molecule has 1 amide bonds. The molecule has 0 aliphatic heterocycles. The number of terminal acetylenes is 1. The number of nitrogens with two attached hydrogens (primary N) is 1. The van der Waals surface area contributed by atoms with Gasteiger partial charge in [0.1, 0.15) is 5.82 Å². The van der Waals surface area contributed by atoms with E-state index in [1.54, 1.807) is 13.0 Å². The SMILES string of the molecule is C#CCC(N)C(=O)Nc1cc(F)ccc1C. The van der Waals surface area contributed by atoms with Gasteiger partial charge in [-0.1, -0.05) is 6.07 Å². The van der Waals surface area contributed by atoms with Gasteiger partial charge in [-0.05, 0) is 24.6 Å². The lowest BCUT2D eigenvalue weighted by Gasteiger charge is -2.11. The Morgan fingerprint density at radius 3 is 3.00 bits per heavy atom. The van der Waals surface area contributed by atoms with Crippen LogP contribution in [0.25, 0.3) is 0 Å². The zero-order chi connectivity index (χ0) is 12.1. The van der Waals surface area contributed by atoms with Crippen molar-refractivity contribution in [3.05, 3.63) is 29.6 Å². The summed E-state index contributed by atoms with van der Waals surface area (Å²) < 4.78 is 12.9. The van der Waals surface area contributed by atoms with E-state index in [9.17, 15) is 9.18 Å². The molecule has 84 valence electrons. The average molecular weight is 220 g/mol. The molecule has 1 atom stereocenters. The van der Waals surface area contributed by atoms with Gasteiger partial charge in [-0.25, -0.2) is 4.39 Å². The highest BCUT2D eigenvalue weighted by Crippen LogP contribution is 2.16. The van der Waals surface area contributed by atoms with Crippen molar-refractivity contribution in [1.82, 2.24) is 0 Å². The first-order valence-electron chi connectivity index (χ1n) is 4.80. The second kappa shape index (κ2) is 5.29. The Kier molecular flexibility index (Phi) is 4.03. The molecule has 0 radical (unpaired) electrons. The van der Waals surface area contributed by atoms with E-state index in [1.165, 1.54) is 12.1 Å². The molecule has 1 rings (SSSR count). The first-order chi connectivity index (χ1) is 7.54. The summed E-state index contributed by atoms with van der Waals surface area (Å²) >= 11 is 0. The summed E-state index contributed by atoms with van der Waals surface area (Å²) in [6.45, 7) is 1.77. The van der Waals surface area contributed by atoms with Gasteiger partial charge in [0.15, 0.2) is 0 Å². The fourth-order valence-corrected chi connectivity index (χ4v) is 1.17. The highest BCUT2D eigenvalue weighted by atomic mass is 19.1. The number of hydrogen-bond acceptors (Lipinski definition) is 2. The topological polar surface area (TPSA) is 55.1 Å². The number of hydrogen-bond donors (Lipinski definition) is 2. The lowest BCUT2D eigenvalue weighted by atomic mass is 10.1. The Labute approximate surface area is 93.8 Å². The number of benzene rings is 1. The molecule has 1 aromatic rings. The highest BCUT2D eigenvalue weighted by molar-refractivity contribution is 5.95. The molecule has 0 aliphatic rings. The molecule has 0 saturated heterocycles. The van der Waals surface area contributed by atoms with E-state index in [-0.39, 0.29) is 6.42 Å². The van der Waals surface area contributed by atoms with Crippen LogP contribution in [0.5, 0.6) is 0 Å². The summed E-state index contributed by atoms with van der Waals surface area (Å²) in [4.78, 5) is 11.5. The van der Waals surface area contributed by atoms with Crippen LogP contribution in [-0.4, -0.2) is 11.9 Å². The van der Waals surface area contributed by atoms with Gasteiger partial charge in [0.2, 0.25) is 5.91 Å². The lowest BCUT2D eigenvalue weighted by Crippen LogP contribution is -2.35. The third-order valence-corrected chi connectivity index (χ3v) is 2.13. The van der Waals surface area contributed by atoms with Crippen molar-refractivity contribution in [2.45, 2.75) is 19.4 Å². The highest BCUT2D eigenvalue weighted by Gasteiger charge is 2.13. The molecule has 4 heteroatoms. The Morgan fingerprint density at radius 2 is 2.38 bits per heavy atom. The van der Waals surface area contributed by atoms with Gasteiger partial charge in [-0.2, -0.15) is 0 Å². The van der Waals surface area contributed by atoms with Crippen molar-refractivity contribution in [3.63, 3.8) is 0 Å². The minimum Gasteiger partial charge on any atom is -0.324 e. The molecule has 0 aromatic heterocycles. The third kappa shape index (κ3) is 3.07. The summed E-state index contributed by atoms with van der Waals surface area (Å²) in [6.07, 6.45) is 5.20. The van der Waals surface area contributed by atoms with Crippen LogP contribution in [0.2, 0.25) is 0 Å². The molecular weight excluding hydrogens is 207 g/mol. The maximum absolute atomic E-state index is 12.9. The quantitative estimate of drug-likeness (QED) is 0.757. The number of rotatable bonds is 3. The van der Waals surface area contributed by atoms with E-state index in [2.05, 4.69) is 11.2 Å². The average Bonchev–Trinajstić information content (AvgIpc) is 2.23. The first-order valence-corrected chi connectivity index (χ1v) is 4.80. The number of carbonyl (C=O) groups is 1. The summed E-state index contributed by atoms with van der Waals surface area (Å²) in [7, 11) is 0. The maximum Gasteiger partial charge on any atom is 0.242 e. The molecule has 0 saturated carbocycles. The van der Waals surface area contributed by atoms with Crippen molar-refractivity contribution in [2.75, 3.05) is 5.32 Å². The van der Waals surface area contributed by atoms with E-state index in [4.69, 9.17) is 12.2 Å². The second-order valence-electron chi connectivity index (χ2n) is 3.46. The third-order valence-electron chi connectivity index (χ3n) is 2.13. The molecular formula is C12H13FN2O. The zero-order valence-electron chi connectivity index (χ0n) is 8.96. The van der Waals surface area contributed by atoms with Gasteiger partial charge in [0.25, 0.3) is 0 Å². The standard InChI is InChI=1S/C12H13FN2O/c1-3-4-10(14)12(16)15-11-7-9(13)6-5-8(11)2/h1,5-7,10H,4,14H2,2H3,(H,15,16). The van der Waals surface area contributed by atoms with E-state index in [0.717, 1.165) is 5.56 Å². The van der Waals surface area contributed by atoms with Gasteiger partial charge in [-0.3, -0.25) is 4.79 Å². The molecule has 1 aromatic carbocycles. The molecule has 0 fully saturated rings. The Bertz CT molecular complexity index is 437. The fourth-order valence-electron chi connectivity index (χ4n) is 1.17. The fraction of sp³-hybridized carbons (Fsp3) is 0.250. The minimum absolute atomic E-state index is 0.153. The van der Waals surface area contributed by atoms with Crippen molar-refractivity contribution < 1.29 is 9.18 Å². The maximum atomic E-state index is 12.9. The number of amides is 1. The first kappa shape index (κ1) is 12.2. The van der Waals surface area contributed by atoms with Crippen LogP contribution in [0.4, 0.5) is 10.1 Å². The number of carbonyl (C=O) groups excluding carboxylic acids is 1. The number of aryl methyl sites for hydroxylation is 1. The van der Waals surface area contributed by atoms with E-state index >= 15 is 0 Å². The summed E-state index contributed by atoms with van der Waals surface area (Å²) in [5, 5.41) is 2.54. The molecule has 1 unspecified atom stereocenters. The van der Waals surface area contributed by atoms with Gasteiger partial charge >= 0.3 is 0 Å². The van der Waals surface area contributed by atoms with Gasteiger partial charge in [-0.15, -0.1) is 12.3 Å². The Hall–Kier alpha value is -1.86. The molecule has 0 spiro atoms. The van der Waals surface area contributed by atoms with Crippen molar-refractivity contribution in [1.29, 1.82) is 0 Å². The predicted molar refractivity (Wildman–Crippen MR) is 61.2 cm³/mol. The summed E-state index contributed by atoms with van der Waals surface area (Å²) in [5.74, 6) is 1.48. The van der Waals surface area contributed by atoms with Crippen molar-refractivity contribution in [2.24, 2.45) is 5.73 Å². The zero-order valence-corrected chi connectivity index (χ0v) is 8.96. The number of anilines is 1. The van der Waals surface area contributed by atoms with E-state index < -0.39 is 17.8 Å². The lowest BCUT2D eigenvalue weighted by molar-refractivity contribution is -0.117. The van der Waals surface area contributed by atoms with E-state index in [1.807, 2.05) is 0 Å². The number of nitrogens with one attached hydrogen (secondary N) is 1. The molecule has 0 heterocycles. The Morgan fingerprint density at radius 1 is 1.69 bits per heavy atom. The van der Waals surface area contributed by atoms with Crippen LogP contribution in [0.3, 0.4) is 0 Å². The second-order valence-corrected chi connectivity index (χ2v) is 3.46. The largest absolute Gasteiger partial charge is 0.324 e. The summed E-state index contributed by atoms with van der Waals surface area (Å²) in [5.41, 5.74) is 6.70. The van der Waals surface area contributed by atoms with Gasteiger partial charge < -0.3 is 11.1 Å². The van der Waals surface area contributed by atoms with Crippen molar-refractivity contribution >= 4 is 11.6 Å². The van der Waals surface area contributed by atoms with Crippen LogP contribution in [-0.2, 0) is 4.79 Å². The molecule has 3 N–H and O–H groups in total. The monoisotopic (exact) mass is 220 g/mol. The van der Waals surface area contributed by atoms with Crippen LogP contribution < -0.4 is 11.1 Å². The van der Waals surface area contributed by atoms with Gasteiger partial charge in [0.05, 0.1) is 6.04 Å². The normalized spacial score (nSPS) is 11.6. The van der Waals surface area contributed by atoms with Crippen LogP contribution in [0.15, 0.2) is 18.2 Å². The number of halogens is 1. The molecule has 0 aliphatic carbocycles. The minimum atomic E-state index is -0.771.